The molecule has 1 unspecified atom stereocenters. The van der Waals surface area contributed by atoms with E-state index in [1.807, 2.05) is 0 Å². The first kappa shape index (κ1) is 15.4. The van der Waals surface area contributed by atoms with Gasteiger partial charge in [0.05, 0.1) is 11.3 Å². The van der Waals surface area contributed by atoms with Crippen molar-refractivity contribution in [2.45, 2.75) is 6.92 Å². The summed E-state index contributed by atoms with van der Waals surface area (Å²) in [6.07, 6.45) is 0. The molecule has 0 aromatic heterocycles. The van der Waals surface area contributed by atoms with E-state index in [9.17, 15) is 9.59 Å². The van der Waals surface area contributed by atoms with Gasteiger partial charge in [-0.15, -0.1) is 12.4 Å². The molecule has 0 fully saturated rings. The van der Waals surface area contributed by atoms with Gasteiger partial charge in [-0.1, -0.05) is 19.1 Å². The number of carbonyl (C=O) groups excluding carboxylic acids is 2. The molecule has 0 radical (unpaired) electrons. The van der Waals surface area contributed by atoms with Gasteiger partial charge in [0.2, 0.25) is 5.91 Å². The van der Waals surface area contributed by atoms with Crippen molar-refractivity contribution in [1.29, 1.82) is 0 Å². The molecule has 0 aliphatic carbocycles. The SMILES string of the molecule is CC(CN)C(=O)Nc1ccccc1C(N)=O.Cl. The van der Waals surface area contributed by atoms with Gasteiger partial charge in [0.15, 0.2) is 0 Å². The molecule has 1 aromatic carbocycles. The van der Waals surface area contributed by atoms with Gasteiger partial charge in [-0.25, -0.2) is 0 Å². The van der Waals surface area contributed by atoms with Gasteiger partial charge in [0.25, 0.3) is 5.91 Å². The Labute approximate surface area is 106 Å². The largest absolute Gasteiger partial charge is 0.366 e. The van der Waals surface area contributed by atoms with Crippen LogP contribution >= 0.6 is 12.4 Å². The molecule has 0 spiro atoms. The van der Waals surface area contributed by atoms with E-state index in [1.165, 1.54) is 0 Å². The van der Waals surface area contributed by atoms with Gasteiger partial charge in [-0.2, -0.15) is 0 Å². The number of para-hydroxylation sites is 1. The molecular formula is C11H16ClN3O2. The number of benzene rings is 1. The van der Waals surface area contributed by atoms with Crippen molar-refractivity contribution in [3.05, 3.63) is 29.8 Å². The second kappa shape index (κ2) is 6.88. The van der Waals surface area contributed by atoms with Crippen LogP contribution in [-0.4, -0.2) is 18.4 Å². The molecule has 6 heteroatoms. The average Bonchev–Trinajstić information content (AvgIpc) is 2.28. The van der Waals surface area contributed by atoms with Crippen LogP contribution in [0, 0.1) is 5.92 Å². The number of hydrogen-bond acceptors (Lipinski definition) is 3. The molecule has 0 aliphatic heterocycles. The molecule has 0 saturated carbocycles. The Balaban J connectivity index is 0.00000256. The summed E-state index contributed by atoms with van der Waals surface area (Å²) in [5.41, 5.74) is 11.3. The fourth-order valence-corrected chi connectivity index (χ4v) is 1.17. The second-order valence-corrected chi connectivity index (χ2v) is 3.54. The van der Waals surface area contributed by atoms with E-state index >= 15 is 0 Å². The van der Waals surface area contributed by atoms with Crippen molar-refractivity contribution < 1.29 is 9.59 Å². The summed E-state index contributed by atoms with van der Waals surface area (Å²) in [6, 6.07) is 6.59. The number of nitrogens with one attached hydrogen (secondary N) is 1. The maximum Gasteiger partial charge on any atom is 0.250 e. The van der Waals surface area contributed by atoms with E-state index < -0.39 is 5.91 Å². The minimum absolute atomic E-state index is 0. The number of carbonyl (C=O) groups is 2. The van der Waals surface area contributed by atoms with E-state index in [-0.39, 0.29) is 30.8 Å². The van der Waals surface area contributed by atoms with Gasteiger partial charge < -0.3 is 16.8 Å². The molecule has 0 aliphatic rings. The summed E-state index contributed by atoms with van der Waals surface area (Å²) >= 11 is 0. The minimum atomic E-state index is -0.573. The smallest absolute Gasteiger partial charge is 0.250 e. The minimum Gasteiger partial charge on any atom is -0.366 e. The third-order valence-corrected chi connectivity index (χ3v) is 2.25. The van der Waals surface area contributed by atoms with Gasteiger partial charge >= 0.3 is 0 Å². The lowest BCUT2D eigenvalue weighted by molar-refractivity contribution is -0.119. The summed E-state index contributed by atoms with van der Waals surface area (Å²) in [5, 5.41) is 2.62. The summed E-state index contributed by atoms with van der Waals surface area (Å²) in [4.78, 5) is 22.7. The Morgan fingerprint density at radius 1 is 1.35 bits per heavy atom. The van der Waals surface area contributed by atoms with E-state index in [0.717, 1.165) is 0 Å². The normalized spacial score (nSPS) is 11.2. The number of halogens is 1. The zero-order valence-electron chi connectivity index (χ0n) is 9.47. The predicted octanol–water partition coefficient (Wildman–Crippen LogP) is 0.741. The highest BCUT2D eigenvalue weighted by molar-refractivity contribution is 6.03. The number of amides is 2. The van der Waals surface area contributed by atoms with Crippen LogP contribution in [0.25, 0.3) is 0 Å². The third kappa shape index (κ3) is 4.05. The fraction of sp³-hybridized carbons (Fsp3) is 0.273. The van der Waals surface area contributed by atoms with Crippen LogP contribution in [0.2, 0.25) is 0 Å². The maximum absolute atomic E-state index is 11.6. The summed E-state index contributed by atoms with van der Waals surface area (Å²) in [6.45, 7) is 1.97. The second-order valence-electron chi connectivity index (χ2n) is 3.54. The van der Waals surface area contributed by atoms with Crippen molar-refractivity contribution in [1.82, 2.24) is 0 Å². The Morgan fingerprint density at radius 3 is 2.47 bits per heavy atom. The van der Waals surface area contributed by atoms with E-state index in [2.05, 4.69) is 5.32 Å². The molecule has 94 valence electrons. The molecule has 5 N–H and O–H groups in total. The number of primary amides is 1. The first-order valence-corrected chi connectivity index (χ1v) is 4.96. The molecule has 1 rings (SSSR count). The Morgan fingerprint density at radius 2 is 1.94 bits per heavy atom. The molecule has 1 aromatic rings. The zero-order valence-corrected chi connectivity index (χ0v) is 10.3. The van der Waals surface area contributed by atoms with Gasteiger partial charge in [0.1, 0.15) is 0 Å². The quantitative estimate of drug-likeness (QED) is 0.742. The number of nitrogens with two attached hydrogens (primary N) is 2. The van der Waals surface area contributed by atoms with Crippen molar-refractivity contribution in [2.24, 2.45) is 17.4 Å². The highest BCUT2D eigenvalue weighted by Crippen LogP contribution is 2.15. The monoisotopic (exact) mass is 257 g/mol. The Kier molecular flexibility index (Phi) is 6.23. The number of hydrogen-bond donors (Lipinski definition) is 3. The molecule has 0 heterocycles. The molecule has 5 nitrogen and oxygen atoms in total. The van der Waals surface area contributed by atoms with E-state index in [1.54, 1.807) is 31.2 Å². The first-order chi connectivity index (χ1) is 7.56. The van der Waals surface area contributed by atoms with Gasteiger partial charge in [-0.05, 0) is 12.1 Å². The van der Waals surface area contributed by atoms with E-state index in [0.29, 0.717) is 11.3 Å². The number of anilines is 1. The first-order valence-electron chi connectivity index (χ1n) is 4.96. The standard InChI is InChI=1S/C11H15N3O2.ClH/c1-7(6-12)11(16)14-9-5-3-2-4-8(9)10(13)15;/h2-5,7H,6,12H2,1H3,(H2,13,15)(H,14,16);1H. The lowest BCUT2D eigenvalue weighted by Crippen LogP contribution is -2.27. The van der Waals surface area contributed by atoms with Crippen LogP contribution in [0.15, 0.2) is 24.3 Å². The van der Waals surface area contributed by atoms with Crippen molar-refractivity contribution in [3.8, 4) is 0 Å². The highest BCUT2D eigenvalue weighted by Gasteiger charge is 2.14. The molecular weight excluding hydrogens is 242 g/mol. The Bertz CT molecular complexity index is 409. The van der Waals surface area contributed by atoms with Crippen LogP contribution < -0.4 is 16.8 Å². The van der Waals surface area contributed by atoms with Gasteiger partial charge in [0, 0.05) is 12.5 Å². The van der Waals surface area contributed by atoms with Crippen molar-refractivity contribution in [3.63, 3.8) is 0 Å². The van der Waals surface area contributed by atoms with Crippen LogP contribution in [0.3, 0.4) is 0 Å². The van der Waals surface area contributed by atoms with Crippen LogP contribution in [0.1, 0.15) is 17.3 Å². The molecule has 0 saturated heterocycles. The molecule has 17 heavy (non-hydrogen) atoms. The summed E-state index contributed by atoms with van der Waals surface area (Å²) < 4.78 is 0. The molecule has 0 bridgehead atoms. The highest BCUT2D eigenvalue weighted by atomic mass is 35.5. The van der Waals surface area contributed by atoms with Crippen LogP contribution in [0.4, 0.5) is 5.69 Å². The lowest BCUT2D eigenvalue weighted by atomic mass is 10.1. The van der Waals surface area contributed by atoms with Gasteiger partial charge in [-0.3, -0.25) is 9.59 Å². The summed E-state index contributed by atoms with van der Waals surface area (Å²) in [7, 11) is 0. The maximum atomic E-state index is 11.6. The van der Waals surface area contributed by atoms with Crippen molar-refractivity contribution in [2.75, 3.05) is 11.9 Å². The zero-order chi connectivity index (χ0) is 12.1. The number of rotatable bonds is 4. The summed E-state index contributed by atoms with van der Waals surface area (Å²) in [5.74, 6) is -1.10. The average molecular weight is 258 g/mol. The van der Waals surface area contributed by atoms with E-state index in [4.69, 9.17) is 11.5 Å². The van der Waals surface area contributed by atoms with Crippen LogP contribution in [-0.2, 0) is 4.79 Å². The van der Waals surface area contributed by atoms with Crippen LogP contribution in [0.5, 0.6) is 0 Å². The third-order valence-electron chi connectivity index (χ3n) is 2.25. The van der Waals surface area contributed by atoms with Crippen molar-refractivity contribution >= 4 is 29.9 Å². The fourth-order valence-electron chi connectivity index (χ4n) is 1.17. The lowest BCUT2D eigenvalue weighted by Gasteiger charge is -2.11. The topological polar surface area (TPSA) is 98.2 Å². The molecule has 1 atom stereocenters. The molecule has 2 amide bonds. The predicted molar refractivity (Wildman–Crippen MR) is 69.1 cm³/mol. The Hall–Kier alpha value is -1.59.